The molecule has 0 radical (unpaired) electrons. The number of nitrogens with one attached hydrogen (secondary N) is 1. The molecule has 142 valence electrons. The van der Waals surface area contributed by atoms with Gasteiger partial charge in [0.2, 0.25) is 11.7 Å². The highest BCUT2D eigenvalue weighted by molar-refractivity contribution is 6.07. The Morgan fingerprint density at radius 1 is 1.08 bits per heavy atom. The number of rotatable bonds is 9. The summed E-state index contributed by atoms with van der Waals surface area (Å²) in [5.41, 5.74) is 4.04. The Kier molecular flexibility index (Phi) is 9.60. The highest BCUT2D eigenvalue weighted by Gasteiger charge is 2.15. The van der Waals surface area contributed by atoms with Gasteiger partial charge in [0.25, 0.3) is 0 Å². The lowest BCUT2D eigenvalue weighted by molar-refractivity contribution is -0.121. The van der Waals surface area contributed by atoms with Gasteiger partial charge in [0, 0.05) is 6.42 Å². The van der Waals surface area contributed by atoms with Gasteiger partial charge in [0.1, 0.15) is 0 Å². The van der Waals surface area contributed by atoms with Crippen molar-refractivity contribution in [2.75, 3.05) is 0 Å². The molecule has 0 bridgehead atoms. The molecule has 0 saturated heterocycles. The number of allylic oxidation sites excluding steroid dienone is 6. The van der Waals surface area contributed by atoms with Crippen LogP contribution in [-0.2, 0) is 9.59 Å². The topological polar surface area (TPSA) is 66.4 Å². The van der Waals surface area contributed by atoms with Crippen LogP contribution in [0.4, 0.5) is 0 Å². The van der Waals surface area contributed by atoms with Gasteiger partial charge >= 0.3 is 0 Å². The van der Waals surface area contributed by atoms with Gasteiger partial charge in [0.05, 0.1) is 11.8 Å². The number of aliphatic hydroxyl groups excluding tert-OH is 1. The van der Waals surface area contributed by atoms with Gasteiger partial charge in [-0.25, -0.2) is 0 Å². The molecule has 0 heterocycles. The van der Waals surface area contributed by atoms with Gasteiger partial charge in [-0.05, 0) is 71.6 Å². The molecule has 0 saturated carbocycles. The molecule has 4 nitrogen and oxygen atoms in total. The van der Waals surface area contributed by atoms with E-state index in [1.54, 1.807) is 0 Å². The number of amides is 1. The number of carbonyl (C=O) groups is 2. The van der Waals surface area contributed by atoms with Gasteiger partial charge in [0.15, 0.2) is 0 Å². The predicted octanol–water partition coefficient (Wildman–Crippen LogP) is 4.30. The van der Waals surface area contributed by atoms with Crippen LogP contribution < -0.4 is 5.32 Å². The molecule has 1 amide bonds. The Morgan fingerprint density at radius 3 is 2.35 bits per heavy atom. The van der Waals surface area contributed by atoms with Crippen LogP contribution in [0.15, 0.2) is 58.9 Å². The lowest BCUT2D eigenvalue weighted by Gasteiger charge is -2.11. The minimum atomic E-state index is -0.827. The third-order valence-corrected chi connectivity index (χ3v) is 4.08. The van der Waals surface area contributed by atoms with Crippen molar-refractivity contribution in [2.24, 2.45) is 0 Å². The van der Waals surface area contributed by atoms with E-state index in [0.717, 1.165) is 31.3 Å². The van der Waals surface area contributed by atoms with Gasteiger partial charge in [-0.15, -0.1) is 0 Å². The number of hydrogen-bond acceptors (Lipinski definition) is 3. The predicted molar refractivity (Wildman–Crippen MR) is 106 cm³/mol. The van der Waals surface area contributed by atoms with Crippen molar-refractivity contribution in [2.45, 2.75) is 65.9 Å². The zero-order valence-corrected chi connectivity index (χ0v) is 16.3. The molecule has 0 aromatic rings. The van der Waals surface area contributed by atoms with E-state index in [1.807, 2.05) is 13.0 Å². The van der Waals surface area contributed by atoms with Crippen molar-refractivity contribution >= 4 is 11.7 Å². The average molecular weight is 357 g/mol. The zero-order valence-electron chi connectivity index (χ0n) is 16.3. The smallest absolute Gasteiger partial charge is 0.228 e. The third kappa shape index (κ3) is 9.33. The SMILES string of the molecule is CC(C)=CCC/C(C)=C/CC/C(C)=C/CC(=O)NC1=CC(O)C=CC1=O. The summed E-state index contributed by atoms with van der Waals surface area (Å²) in [6.45, 7) is 8.39. The van der Waals surface area contributed by atoms with Gasteiger partial charge < -0.3 is 10.4 Å². The molecule has 0 aliphatic heterocycles. The fraction of sp³-hybridized carbons (Fsp3) is 0.455. The minimum absolute atomic E-state index is 0.144. The monoisotopic (exact) mass is 357 g/mol. The lowest BCUT2D eigenvalue weighted by atomic mass is 10.1. The number of aliphatic hydroxyl groups is 1. The van der Waals surface area contributed by atoms with E-state index in [-0.39, 0.29) is 23.8 Å². The highest BCUT2D eigenvalue weighted by atomic mass is 16.3. The van der Waals surface area contributed by atoms with Crippen molar-refractivity contribution in [3.05, 3.63) is 58.9 Å². The van der Waals surface area contributed by atoms with Crippen LogP contribution in [-0.4, -0.2) is 22.9 Å². The fourth-order valence-electron chi connectivity index (χ4n) is 2.49. The zero-order chi connectivity index (χ0) is 19.5. The lowest BCUT2D eigenvalue weighted by Crippen LogP contribution is -2.29. The first-order chi connectivity index (χ1) is 12.3. The number of carbonyl (C=O) groups excluding carboxylic acids is 2. The standard InChI is InChI=1S/C22H31NO3/c1-16(2)7-5-8-17(3)9-6-10-18(4)11-14-22(26)23-20-15-19(24)12-13-21(20)25/h7,9,11-13,15,19,24H,5-6,8,10,14H2,1-4H3,(H,23,26)/b17-9+,18-11+. The van der Waals surface area contributed by atoms with Crippen molar-refractivity contribution in [1.29, 1.82) is 0 Å². The molecule has 1 rings (SSSR count). The maximum atomic E-state index is 12.0. The largest absolute Gasteiger partial charge is 0.385 e. The van der Waals surface area contributed by atoms with Crippen LogP contribution >= 0.6 is 0 Å². The summed E-state index contributed by atoms with van der Waals surface area (Å²) >= 11 is 0. The molecule has 1 aliphatic rings. The quantitative estimate of drug-likeness (QED) is 0.605. The van der Waals surface area contributed by atoms with Gasteiger partial charge in [-0.3, -0.25) is 9.59 Å². The Bertz CT molecular complexity index is 659. The Morgan fingerprint density at radius 2 is 1.69 bits per heavy atom. The Balaban J connectivity index is 2.35. The summed E-state index contributed by atoms with van der Waals surface area (Å²) in [5.74, 6) is -0.544. The highest BCUT2D eigenvalue weighted by Crippen LogP contribution is 2.12. The van der Waals surface area contributed by atoms with Gasteiger partial charge in [-0.2, -0.15) is 0 Å². The first-order valence-corrected chi connectivity index (χ1v) is 9.15. The first kappa shape index (κ1) is 21.8. The first-order valence-electron chi connectivity index (χ1n) is 9.15. The summed E-state index contributed by atoms with van der Waals surface area (Å²) in [6, 6.07) is 0. The summed E-state index contributed by atoms with van der Waals surface area (Å²) in [7, 11) is 0. The minimum Gasteiger partial charge on any atom is -0.385 e. The van der Waals surface area contributed by atoms with Crippen LogP contribution in [0.25, 0.3) is 0 Å². The maximum absolute atomic E-state index is 12.0. The molecule has 2 N–H and O–H groups in total. The van der Waals surface area contributed by atoms with Crippen molar-refractivity contribution in [3.63, 3.8) is 0 Å². The van der Waals surface area contributed by atoms with Crippen molar-refractivity contribution in [3.8, 4) is 0 Å². The van der Waals surface area contributed by atoms with Gasteiger partial charge in [-0.1, -0.05) is 34.9 Å². The van der Waals surface area contributed by atoms with E-state index < -0.39 is 6.10 Å². The molecule has 0 aromatic heterocycles. The van der Waals surface area contributed by atoms with E-state index in [4.69, 9.17) is 0 Å². The second kappa shape index (κ2) is 11.4. The summed E-state index contributed by atoms with van der Waals surface area (Å²) in [6.07, 6.45) is 13.8. The second-order valence-electron chi connectivity index (χ2n) is 7.01. The van der Waals surface area contributed by atoms with Crippen LogP contribution in [0.5, 0.6) is 0 Å². The normalized spacial score (nSPS) is 17.8. The van der Waals surface area contributed by atoms with Crippen LogP contribution in [0, 0.1) is 0 Å². The van der Waals surface area contributed by atoms with Crippen LogP contribution in [0.2, 0.25) is 0 Å². The maximum Gasteiger partial charge on any atom is 0.228 e. The molecule has 1 atom stereocenters. The molecule has 0 fully saturated rings. The summed E-state index contributed by atoms with van der Waals surface area (Å²) in [4.78, 5) is 23.6. The molecule has 1 aliphatic carbocycles. The fourth-order valence-corrected chi connectivity index (χ4v) is 2.49. The Hall–Kier alpha value is -2.20. The van der Waals surface area contributed by atoms with Crippen molar-refractivity contribution < 1.29 is 14.7 Å². The Labute approximate surface area is 157 Å². The van der Waals surface area contributed by atoms with E-state index in [2.05, 4.69) is 38.2 Å². The molecule has 4 heteroatoms. The third-order valence-electron chi connectivity index (χ3n) is 4.08. The van der Waals surface area contributed by atoms with E-state index >= 15 is 0 Å². The van der Waals surface area contributed by atoms with E-state index in [0.29, 0.717) is 0 Å². The number of ketones is 1. The number of hydrogen-bond donors (Lipinski definition) is 2. The molecular weight excluding hydrogens is 326 g/mol. The van der Waals surface area contributed by atoms with Crippen LogP contribution in [0.3, 0.4) is 0 Å². The van der Waals surface area contributed by atoms with Crippen LogP contribution in [0.1, 0.15) is 59.8 Å². The molecule has 0 aromatic carbocycles. The summed E-state index contributed by atoms with van der Waals surface area (Å²) in [5, 5.41) is 12.0. The van der Waals surface area contributed by atoms with Crippen molar-refractivity contribution in [1.82, 2.24) is 5.32 Å². The average Bonchev–Trinajstić information content (AvgIpc) is 2.56. The molecular formula is C22H31NO3. The second-order valence-corrected chi connectivity index (χ2v) is 7.01. The summed E-state index contributed by atoms with van der Waals surface area (Å²) < 4.78 is 0. The van der Waals surface area contributed by atoms with E-state index in [1.165, 1.54) is 29.4 Å². The molecule has 26 heavy (non-hydrogen) atoms. The molecule has 1 unspecified atom stereocenters. The van der Waals surface area contributed by atoms with E-state index in [9.17, 15) is 14.7 Å². The molecule has 0 spiro atoms.